The van der Waals surface area contributed by atoms with Gasteiger partial charge in [0.05, 0.1) is 0 Å². The highest BCUT2D eigenvalue weighted by atomic mass is 32.1. The molecule has 0 amide bonds. The molecule has 0 aliphatic carbocycles. The number of aromatic nitrogens is 2. The summed E-state index contributed by atoms with van der Waals surface area (Å²) in [5, 5.41) is 4.08. The molecular formula is C13H16N2OS. The van der Waals surface area contributed by atoms with Crippen LogP contribution in [0.3, 0.4) is 0 Å². The zero-order chi connectivity index (χ0) is 12.4. The normalized spacial score (nSPS) is 11.1. The van der Waals surface area contributed by atoms with Crippen LogP contribution in [0.15, 0.2) is 21.6 Å². The average molecular weight is 248 g/mol. The number of hydrogen-bond donors (Lipinski definition) is 1. The fraction of sp³-hybridized carbons (Fsp3) is 0.385. The number of rotatable bonds is 3. The van der Waals surface area contributed by atoms with Crippen molar-refractivity contribution in [1.82, 2.24) is 9.97 Å². The van der Waals surface area contributed by atoms with Crippen LogP contribution in [0.5, 0.6) is 0 Å². The van der Waals surface area contributed by atoms with E-state index in [2.05, 4.69) is 29.2 Å². The molecule has 2 aromatic heterocycles. The molecule has 2 rings (SSSR count). The van der Waals surface area contributed by atoms with Crippen LogP contribution >= 0.6 is 11.3 Å². The molecule has 1 N–H and O–H groups in total. The van der Waals surface area contributed by atoms with Crippen molar-refractivity contribution in [2.75, 3.05) is 0 Å². The van der Waals surface area contributed by atoms with Gasteiger partial charge in [-0.1, -0.05) is 13.8 Å². The van der Waals surface area contributed by atoms with Crippen LogP contribution in [0.1, 0.15) is 25.1 Å². The second kappa shape index (κ2) is 4.84. The van der Waals surface area contributed by atoms with Gasteiger partial charge in [-0.25, -0.2) is 4.98 Å². The Hall–Kier alpha value is -1.42. The molecule has 0 bridgehead atoms. The minimum absolute atomic E-state index is 0.0729. The highest BCUT2D eigenvalue weighted by molar-refractivity contribution is 7.08. The lowest BCUT2D eigenvalue weighted by molar-refractivity contribution is 0.634. The van der Waals surface area contributed by atoms with Gasteiger partial charge in [-0.2, -0.15) is 11.3 Å². The van der Waals surface area contributed by atoms with Crippen LogP contribution < -0.4 is 5.56 Å². The van der Waals surface area contributed by atoms with Gasteiger partial charge >= 0.3 is 0 Å². The van der Waals surface area contributed by atoms with Crippen molar-refractivity contribution < 1.29 is 0 Å². The summed E-state index contributed by atoms with van der Waals surface area (Å²) in [6.07, 6.45) is 0.833. The largest absolute Gasteiger partial charge is 0.306 e. The average Bonchev–Trinajstić information content (AvgIpc) is 2.62. The first kappa shape index (κ1) is 12.0. The van der Waals surface area contributed by atoms with Crippen LogP contribution in [0.4, 0.5) is 0 Å². The molecule has 0 aliphatic rings. The van der Waals surface area contributed by atoms with Crippen molar-refractivity contribution in [2.45, 2.75) is 27.2 Å². The monoisotopic (exact) mass is 248 g/mol. The zero-order valence-electron chi connectivity index (χ0n) is 10.3. The first-order chi connectivity index (χ1) is 8.06. The summed E-state index contributed by atoms with van der Waals surface area (Å²) >= 11 is 1.62. The van der Waals surface area contributed by atoms with Gasteiger partial charge in [-0.15, -0.1) is 0 Å². The number of nitrogens with zero attached hydrogens (tertiary/aromatic N) is 1. The Bertz CT molecular complexity index is 569. The van der Waals surface area contributed by atoms with E-state index in [0.717, 1.165) is 23.2 Å². The summed E-state index contributed by atoms with van der Waals surface area (Å²) in [6, 6.07) is 1.59. The molecule has 17 heavy (non-hydrogen) atoms. The van der Waals surface area contributed by atoms with Crippen molar-refractivity contribution in [3.63, 3.8) is 0 Å². The minimum atomic E-state index is -0.0729. The third-order valence-corrected chi connectivity index (χ3v) is 3.38. The van der Waals surface area contributed by atoms with Crippen LogP contribution in [0, 0.1) is 12.8 Å². The molecule has 2 aromatic rings. The van der Waals surface area contributed by atoms with Gasteiger partial charge < -0.3 is 4.98 Å². The molecule has 0 spiro atoms. The first-order valence-electron chi connectivity index (χ1n) is 5.69. The summed E-state index contributed by atoms with van der Waals surface area (Å²) in [5.41, 5.74) is 2.97. The van der Waals surface area contributed by atoms with Gasteiger partial charge in [0.25, 0.3) is 5.56 Å². The van der Waals surface area contributed by atoms with Gasteiger partial charge in [0.1, 0.15) is 5.82 Å². The van der Waals surface area contributed by atoms with E-state index >= 15 is 0 Å². The molecule has 0 saturated heterocycles. The standard InChI is InChI=1S/C13H16N2OS/c1-8(2)4-10-5-12(16)15-13(14-10)11-7-17-6-9(11)3/h5-8H,4H2,1-3H3,(H,14,15,16). The van der Waals surface area contributed by atoms with E-state index in [1.165, 1.54) is 0 Å². The Morgan fingerprint density at radius 2 is 2.18 bits per heavy atom. The van der Waals surface area contributed by atoms with Gasteiger partial charge in [-0.3, -0.25) is 4.79 Å². The Kier molecular flexibility index (Phi) is 3.43. The topological polar surface area (TPSA) is 45.8 Å². The lowest BCUT2D eigenvalue weighted by Crippen LogP contribution is -2.11. The van der Waals surface area contributed by atoms with Gasteiger partial charge in [-0.05, 0) is 30.2 Å². The molecule has 0 saturated carbocycles. The molecule has 0 atom stereocenters. The lowest BCUT2D eigenvalue weighted by Gasteiger charge is -2.06. The minimum Gasteiger partial charge on any atom is -0.306 e. The maximum atomic E-state index is 11.6. The van der Waals surface area contributed by atoms with Gasteiger partial charge in [0, 0.05) is 22.7 Å². The summed E-state index contributed by atoms with van der Waals surface area (Å²) in [7, 11) is 0. The summed E-state index contributed by atoms with van der Waals surface area (Å²) in [5.74, 6) is 1.19. The Morgan fingerprint density at radius 3 is 2.76 bits per heavy atom. The van der Waals surface area contributed by atoms with E-state index in [0.29, 0.717) is 11.7 Å². The van der Waals surface area contributed by atoms with Gasteiger partial charge in [0.15, 0.2) is 0 Å². The van der Waals surface area contributed by atoms with Crippen molar-refractivity contribution >= 4 is 11.3 Å². The second-order valence-corrected chi connectivity index (χ2v) is 5.40. The van der Waals surface area contributed by atoms with Crippen LogP contribution in [-0.4, -0.2) is 9.97 Å². The fourth-order valence-electron chi connectivity index (χ4n) is 1.76. The van der Waals surface area contributed by atoms with Crippen molar-refractivity contribution in [3.8, 4) is 11.4 Å². The van der Waals surface area contributed by atoms with Crippen molar-refractivity contribution in [1.29, 1.82) is 0 Å². The van der Waals surface area contributed by atoms with E-state index in [-0.39, 0.29) is 5.56 Å². The molecule has 2 heterocycles. The van der Waals surface area contributed by atoms with Crippen LogP contribution in [0.25, 0.3) is 11.4 Å². The summed E-state index contributed by atoms with van der Waals surface area (Å²) in [4.78, 5) is 18.9. The lowest BCUT2D eigenvalue weighted by atomic mass is 10.1. The molecule has 4 heteroatoms. The third kappa shape index (κ3) is 2.82. The molecular weight excluding hydrogens is 232 g/mol. The van der Waals surface area contributed by atoms with E-state index in [9.17, 15) is 4.79 Å². The zero-order valence-corrected chi connectivity index (χ0v) is 11.1. The second-order valence-electron chi connectivity index (χ2n) is 4.65. The van der Waals surface area contributed by atoms with Crippen molar-refractivity contribution in [2.24, 2.45) is 5.92 Å². The maximum absolute atomic E-state index is 11.6. The molecule has 3 nitrogen and oxygen atoms in total. The first-order valence-corrected chi connectivity index (χ1v) is 6.64. The Balaban J connectivity index is 2.45. The molecule has 0 aromatic carbocycles. The Labute approximate surface area is 105 Å². The van der Waals surface area contributed by atoms with E-state index in [1.807, 2.05) is 12.3 Å². The molecule has 90 valence electrons. The van der Waals surface area contributed by atoms with Gasteiger partial charge in [0.2, 0.25) is 0 Å². The van der Waals surface area contributed by atoms with E-state index in [1.54, 1.807) is 17.4 Å². The molecule has 0 fully saturated rings. The maximum Gasteiger partial charge on any atom is 0.251 e. The molecule has 0 unspecified atom stereocenters. The number of hydrogen-bond acceptors (Lipinski definition) is 3. The van der Waals surface area contributed by atoms with Crippen LogP contribution in [-0.2, 0) is 6.42 Å². The quantitative estimate of drug-likeness (QED) is 0.907. The number of aromatic amines is 1. The molecule has 0 radical (unpaired) electrons. The van der Waals surface area contributed by atoms with E-state index < -0.39 is 0 Å². The Morgan fingerprint density at radius 1 is 1.41 bits per heavy atom. The highest BCUT2D eigenvalue weighted by Crippen LogP contribution is 2.23. The third-order valence-electron chi connectivity index (χ3n) is 2.52. The smallest absolute Gasteiger partial charge is 0.251 e. The number of aryl methyl sites for hydroxylation is 1. The number of thiophene rings is 1. The fourth-order valence-corrected chi connectivity index (χ4v) is 2.59. The summed E-state index contributed by atoms with van der Waals surface area (Å²) < 4.78 is 0. The van der Waals surface area contributed by atoms with E-state index in [4.69, 9.17) is 0 Å². The number of H-pyrrole nitrogens is 1. The summed E-state index contributed by atoms with van der Waals surface area (Å²) in [6.45, 7) is 6.28. The highest BCUT2D eigenvalue weighted by Gasteiger charge is 2.08. The molecule has 0 aliphatic heterocycles. The van der Waals surface area contributed by atoms with Crippen molar-refractivity contribution in [3.05, 3.63) is 38.4 Å². The SMILES string of the molecule is Cc1cscc1-c1nc(CC(C)C)cc(=O)[nH]1. The van der Waals surface area contributed by atoms with Crippen LogP contribution in [0.2, 0.25) is 0 Å². The predicted molar refractivity (Wildman–Crippen MR) is 71.4 cm³/mol. The number of nitrogens with one attached hydrogen (secondary N) is 1. The predicted octanol–water partition coefficient (Wildman–Crippen LogP) is 3.01.